The zero-order chi connectivity index (χ0) is 13.4. The Balaban J connectivity index is 2.34. The average molecular weight is 252 g/mol. The van der Waals surface area contributed by atoms with Gasteiger partial charge in [0.15, 0.2) is 6.61 Å². The quantitative estimate of drug-likeness (QED) is 0.693. The van der Waals surface area contributed by atoms with Gasteiger partial charge in [0.1, 0.15) is 6.54 Å². The molecule has 0 aliphatic carbocycles. The van der Waals surface area contributed by atoms with E-state index in [1.165, 1.54) is 0 Å². The molecule has 7 nitrogen and oxygen atoms in total. The lowest BCUT2D eigenvalue weighted by molar-refractivity contribution is -0.147. The van der Waals surface area contributed by atoms with E-state index in [1.54, 1.807) is 37.3 Å². The van der Waals surface area contributed by atoms with Gasteiger partial charge in [-0.15, -0.1) is 0 Å². The normalized spacial score (nSPS) is 9.67. The lowest BCUT2D eigenvalue weighted by Gasteiger charge is -2.15. The monoisotopic (exact) mass is 252 g/mol. The molecule has 1 N–H and O–H groups in total. The molecule has 0 spiro atoms. The van der Waals surface area contributed by atoms with Gasteiger partial charge in [-0.2, -0.15) is 0 Å². The molecule has 0 aliphatic rings. The Labute approximate surface area is 105 Å². The Morgan fingerprint density at radius 2 is 2.06 bits per heavy atom. The molecule has 0 bridgehead atoms. The van der Waals surface area contributed by atoms with Crippen LogP contribution in [0.1, 0.15) is 6.92 Å². The summed E-state index contributed by atoms with van der Waals surface area (Å²) in [5.41, 5.74) is 0. The molecule has 0 aromatic carbocycles. The first kappa shape index (κ1) is 13.9. The average Bonchev–Trinajstić information content (AvgIpc) is 2.38. The molecule has 1 aromatic heterocycles. The van der Waals surface area contributed by atoms with Gasteiger partial charge in [-0.1, -0.05) is 0 Å². The van der Waals surface area contributed by atoms with Crippen molar-refractivity contribution in [3.05, 3.63) is 18.5 Å². The highest BCUT2D eigenvalue weighted by atomic mass is 16.5. The topological polar surface area (TPSA) is 84.4 Å². The first-order chi connectivity index (χ1) is 8.63. The largest absolute Gasteiger partial charge is 0.454 e. The van der Waals surface area contributed by atoms with Crippen molar-refractivity contribution in [3.63, 3.8) is 0 Å². The number of amides is 1. The molecular formula is C11H16N4O3. The molecule has 1 heterocycles. The van der Waals surface area contributed by atoms with E-state index in [0.29, 0.717) is 12.5 Å². The Kier molecular flexibility index (Phi) is 5.56. The molecule has 18 heavy (non-hydrogen) atoms. The number of carbonyl (C=O) groups excluding carboxylic acids is 2. The molecule has 0 saturated heterocycles. The predicted molar refractivity (Wildman–Crippen MR) is 64.9 cm³/mol. The molecule has 0 aliphatic heterocycles. The van der Waals surface area contributed by atoms with Crippen molar-refractivity contribution in [2.75, 3.05) is 31.6 Å². The first-order valence-electron chi connectivity index (χ1n) is 5.54. The van der Waals surface area contributed by atoms with Crippen LogP contribution < -0.4 is 10.2 Å². The standard InChI is InChI=1S/C11H16N4O3/c1-3-12-9(16)8-18-10(17)7-15(2)11-13-5-4-6-14-11/h4-6H,3,7-8H2,1-2H3,(H,12,16). The molecule has 1 rings (SSSR count). The third-order valence-electron chi connectivity index (χ3n) is 2.00. The van der Waals surface area contributed by atoms with Crippen LogP contribution in [0.2, 0.25) is 0 Å². The van der Waals surface area contributed by atoms with E-state index in [-0.39, 0.29) is 19.1 Å². The number of nitrogens with zero attached hydrogens (tertiary/aromatic N) is 3. The van der Waals surface area contributed by atoms with Gasteiger partial charge in [-0.25, -0.2) is 9.97 Å². The summed E-state index contributed by atoms with van der Waals surface area (Å²) in [5.74, 6) is -0.395. The lowest BCUT2D eigenvalue weighted by atomic mass is 10.5. The predicted octanol–water partition coefficient (Wildman–Crippen LogP) is -0.408. The summed E-state index contributed by atoms with van der Waals surface area (Å²) in [6.45, 7) is 2.02. The molecular weight excluding hydrogens is 236 g/mol. The number of anilines is 1. The smallest absolute Gasteiger partial charge is 0.326 e. The summed E-state index contributed by atoms with van der Waals surface area (Å²) in [6.07, 6.45) is 3.16. The third kappa shape index (κ3) is 4.77. The summed E-state index contributed by atoms with van der Waals surface area (Å²) in [6, 6.07) is 1.69. The number of nitrogens with one attached hydrogen (secondary N) is 1. The fourth-order valence-corrected chi connectivity index (χ4v) is 1.19. The highest BCUT2D eigenvalue weighted by Gasteiger charge is 2.11. The Morgan fingerprint density at radius 1 is 1.39 bits per heavy atom. The van der Waals surface area contributed by atoms with E-state index in [1.807, 2.05) is 0 Å². The van der Waals surface area contributed by atoms with Crippen molar-refractivity contribution in [2.45, 2.75) is 6.92 Å². The van der Waals surface area contributed by atoms with Crippen molar-refractivity contribution in [3.8, 4) is 0 Å². The Morgan fingerprint density at radius 3 is 2.67 bits per heavy atom. The van der Waals surface area contributed by atoms with Gasteiger partial charge in [0, 0.05) is 26.0 Å². The van der Waals surface area contributed by atoms with Gasteiger partial charge in [0.25, 0.3) is 5.91 Å². The third-order valence-corrected chi connectivity index (χ3v) is 2.00. The number of aromatic nitrogens is 2. The van der Waals surface area contributed by atoms with E-state index in [4.69, 9.17) is 4.74 Å². The van der Waals surface area contributed by atoms with E-state index >= 15 is 0 Å². The first-order valence-corrected chi connectivity index (χ1v) is 5.54. The van der Waals surface area contributed by atoms with Crippen LogP contribution in [-0.4, -0.2) is 48.6 Å². The number of rotatable bonds is 6. The Bertz CT molecular complexity index is 397. The number of hydrogen-bond acceptors (Lipinski definition) is 6. The van der Waals surface area contributed by atoms with Gasteiger partial charge < -0.3 is 15.0 Å². The maximum atomic E-state index is 11.4. The van der Waals surface area contributed by atoms with Gasteiger partial charge in [-0.3, -0.25) is 9.59 Å². The number of ether oxygens (including phenoxy) is 1. The van der Waals surface area contributed by atoms with Gasteiger partial charge >= 0.3 is 5.97 Å². The summed E-state index contributed by atoms with van der Waals surface area (Å²) in [4.78, 5) is 32.0. The maximum absolute atomic E-state index is 11.4. The molecule has 0 unspecified atom stereocenters. The summed E-state index contributed by atoms with van der Waals surface area (Å²) < 4.78 is 4.80. The molecule has 0 atom stereocenters. The molecule has 98 valence electrons. The van der Waals surface area contributed by atoms with Gasteiger partial charge in [0.05, 0.1) is 0 Å². The SMILES string of the molecule is CCNC(=O)COC(=O)CN(C)c1ncccn1. The van der Waals surface area contributed by atoms with Crippen LogP contribution in [-0.2, 0) is 14.3 Å². The summed E-state index contributed by atoms with van der Waals surface area (Å²) >= 11 is 0. The van der Waals surface area contributed by atoms with Crippen LogP contribution in [0.15, 0.2) is 18.5 Å². The molecule has 1 amide bonds. The van der Waals surface area contributed by atoms with E-state index in [0.717, 1.165) is 0 Å². The van der Waals surface area contributed by atoms with Crippen molar-refractivity contribution in [1.82, 2.24) is 15.3 Å². The van der Waals surface area contributed by atoms with Crippen LogP contribution in [0.5, 0.6) is 0 Å². The molecule has 7 heteroatoms. The number of carbonyl (C=O) groups is 2. The zero-order valence-corrected chi connectivity index (χ0v) is 10.4. The second-order valence-corrected chi connectivity index (χ2v) is 3.52. The second-order valence-electron chi connectivity index (χ2n) is 3.52. The zero-order valence-electron chi connectivity index (χ0n) is 10.4. The van der Waals surface area contributed by atoms with E-state index in [2.05, 4.69) is 15.3 Å². The number of likely N-dealkylation sites (N-methyl/N-ethyl adjacent to an activating group) is 2. The lowest BCUT2D eigenvalue weighted by Crippen LogP contribution is -2.32. The van der Waals surface area contributed by atoms with Crippen LogP contribution in [0.25, 0.3) is 0 Å². The second kappa shape index (κ2) is 7.21. The Hall–Kier alpha value is -2.18. The minimum absolute atomic E-state index is 0.0105. The van der Waals surface area contributed by atoms with E-state index in [9.17, 15) is 9.59 Å². The number of esters is 1. The summed E-state index contributed by atoms with van der Waals surface area (Å²) in [7, 11) is 1.67. The number of hydrogen-bond donors (Lipinski definition) is 1. The van der Waals surface area contributed by atoms with Crippen LogP contribution in [0, 0.1) is 0 Å². The molecule has 1 aromatic rings. The van der Waals surface area contributed by atoms with E-state index < -0.39 is 5.97 Å². The van der Waals surface area contributed by atoms with Crippen LogP contribution >= 0.6 is 0 Å². The van der Waals surface area contributed by atoms with Crippen LogP contribution in [0.4, 0.5) is 5.95 Å². The molecule has 0 radical (unpaired) electrons. The van der Waals surface area contributed by atoms with Crippen molar-refractivity contribution in [1.29, 1.82) is 0 Å². The van der Waals surface area contributed by atoms with Crippen molar-refractivity contribution in [2.24, 2.45) is 0 Å². The highest BCUT2D eigenvalue weighted by Crippen LogP contribution is 2.01. The highest BCUT2D eigenvalue weighted by molar-refractivity contribution is 5.81. The van der Waals surface area contributed by atoms with Crippen molar-refractivity contribution < 1.29 is 14.3 Å². The molecule has 0 fully saturated rings. The minimum atomic E-state index is -0.504. The molecule has 0 saturated carbocycles. The van der Waals surface area contributed by atoms with Gasteiger partial charge in [-0.05, 0) is 13.0 Å². The summed E-state index contributed by atoms with van der Waals surface area (Å²) in [5, 5.41) is 2.53. The fraction of sp³-hybridized carbons (Fsp3) is 0.455. The van der Waals surface area contributed by atoms with Crippen LogP contribution in [0.3, 0.4) is 0 Å². The van der Waals surface area contributed by atoms with Gasteiger partial charge in [0.2, 0.25) is 5.95 Å². The maximum Gasteiger partial charge on any atom is 0.326 e. The fourth-order valence-electron chi connectivity index (χ4n) is 1.19. The van der Waals surface area contributed by atoms with Crippen molar-refractivity contribution >= 4 is 17.8 Å². The minimum Gasteiger partial charge on any atom is -0.454 e.